The number of aliphatic hydroxyl groups is 2. The molecule has 4 aromatic rings. The third-order valence-electron chi connectivity index (χ3n) is 7.34. The first-order chi connectivity index (χ1) is 22.1. The van der Waals surface area contributed by atoms with Crippen LogP contribution in [0.4, 0.5) is 5.95 Å². The Bertz CT molecular complexity index is 1830. The molecule has 1 aliphatic rings. The topological polar surface area (TPSA) is 209 Å². The Hall–Kier alpha value is -3.85. The molecule has 0 aliphatic carbocycles. The third kappa shape index (κ3) is 7.20. The number of carbonyl (C=O) groups is 1. The van der Waals surface area contributed by atoms with Crippen LogP contribution in [-0.4, -0.2) is 79.9 Å². The summed E-state index contributed by atoms with van der Waals surface area (Å²) in [5, 5.41) is 23.8. The van der Waals surface area contributed by atoms with Gasteiger partial charge < -0.3 is 39.8 Å². The van der Waals surface area contributed by atoms with Crippen LogP contribution in [0.5, 0.6) is 17.4 Å². The third-order valence-corrected chi connectivity index (χ3v) is 8.48. The highest BCUT2D eigenvalue weighted by Crippen LogP contribution is 2.44. The second-order valence-corrected chi connectivity index (χ2v) is 13.7. The summed E-state index contributed by atoms with van der Waals surface area (Å²) in [7, 11) is -1.37. The molecule has 252 valence electrons. The molecule has 3 heterocycles. The predicted octanol–water partition coefficient (Wildman–Crippen LogP) is 3.52. The number of methoxy groups -OCH3 is 1. The van der Waals surface area contributed by atoms with Crippen molar-refractivity contribution in [2.24, 2.45) is 10.2 Å². The van der Waals surface area contributed by atoms with Crippen molar-refractivity contribution < 1.29 is 43.4 Å². The lowest BCUT2D eigenvalue weighted by Gasteiger charge is -2.27. The van der Waals surface area contributed by atoms with Crippen LogP contribution in [0.1, 0.15) is 40.8 Å². The number of carbonyl (C=O) groups excluding carboxylic acids is 1. The minimum atomic E-state index is -2.75. The van der Waals surface area contributed by atoms with Gasteiger partial charge in [0.2, 0.25) is 22.9 Å². The molecule has 1 aliphatic heterocycles. The molecule has 4 N–H and O–H groups in total. The van der Waals surface area contributed by atoms with Gasteiger partial charge in [-0.2, -0.15) is 9.97 Å². The lowest BCUT2D eigenvalue weighted by atomic mass is 9.96. The van der Waals surface area contributed by atoms with Crippen molar-refractivity contribution in [2.75, 3.05) is 26.1 Å². The van der Waals surface area contributed by atoms with E-state index >= 15 is 0 Å². The van der Waals surface area contributed by atoms with Gasteiger partial charge in [-0.25, -0.2) is 9.78 Å². The first-order valence-corrected chi connectivity index (χ1v) is 16.1. The largest absolute Gasteiger partial charge is 0.575 e. The number of aliphatic hydroxyl groups excluding tert-OH is 1. The quantitative estimate of drug-likeness (QED) is 0.124. The molecule has 6 atom stereocenters. The highest BCUT2D eigenvalue weighted by molar-refractivity contribution is 7.34. The number of aromatic nitrogens is 4. The maximum atomic E-state index is 13.1. The second kappa shape index (κ2) is 13.3. The van der Waals surface area contributed by atoms with E-state index in [1.165, 1.54) is 25.5 Å². The summed E-state index contributed by atoms with van der Waals surface area (Å²) in [5.41, 5.74) is 3.99. The number of imidazole rings is 1. The van der Waals surface area contributed by atoms with Crippen LogP contribution in [0, 0.1) is 5.41 Å². The maximum Gasteiger partial charge on any atom is 0.395 e. The molecular formula is C30H36ClN6O9P. The number of esters is 1. The number of halogens is 1. The zero-order chi connectivity index (χ0) is 34.3. The van der Waals surface area contributed by atoms with Crippen molar-refractivity contribution in [1.82, 2.24) is 19.5 Å². The van der Waals surface area contributed by atoms with Crippen molar-refractivity contribution in [3.8, 4) is 17.4 Å². The monoisotopic (exact) mass is 690 g/mol. The summed E-state index contributed by atoms with van der Waals surface area (Å²) in [5.74, 6) is -0.442. The Morgan fingerprint density at radius 3 is 2.68 bits per heavy atom. The molecule has 1 saturated heterocycles. The fraction of sp³-hybridized carbons (Fsp3) is 0.467. The minimum absolute atomic E-state index is 0.0660. The normalized spacial score (nSPS) is 22.4. The van der Waals surface area contributed by atoms with Gasteiger partial charge in [0, 0.05) is 5.39 Å². The van der Waals surface area contributed by atoms with Crippen molar-refractivity contribution in [1.29, 1.82) is 0 Å². The molecule has 17 heteroatoms. The van der Waals surface area contributed by atoms with Crippen molar-refractivity contribution in [2.45, 2.75) is 64.7 Å². The zero-order valence-corrected chi connectivity index (χ0v) is 28.2. The van der Waals surface area contributed by atoms with Crippen molar-refractivity contribution in [3.05, 3.63) is 41.7 Å². The standard InChI is InChI=1S/C30H36ClN6O9P/c1-15(25(39)44-14-29(2,3)4)36-47(41)46-21-17-10-8-7-9-16(17)11-12-18(21)43-13-19-22(38)30(5,40)26(45-19)37-23-20(33-27(37)31)24(42-6)35-28(32)34-23/h7-12,15,19,22,26,38,40H,13-14H2,1-6H3,(H2,32,34,35)/t15-,19+,22+,26+,30+/m0/s1. The molecule has 2 aromatic heterocycles. The summed E-state index contributed by atoms with van der Waals surface area (Å²) < 4.78 is 33.7. The molecule has 0 spiro atoms. The van der Waals surface area contributed by atoms with Gasteiger partial charge in [0.1, 0.15) is 24.4 Å². The number of benzene rings is 2. The lowest BCUT2D eigenvalue weighted by molar-refractivity contribution is -0.169. The first-order valence-electron chi connectivity index (χ1n) is 14.6. The highest BCUT2D eigenvalue weighted by Gasteiger charge is 2.54. The van der Waals surface area contributed by atoms with Gasteiger partial charge in [0.05, 0.1) is 13.7 Å². The van der Waals surface area contributed by atoms with E-state index in [9.17, 15) is 19.9 Å². The van der Waals surface area contributed by atoms with E-state index in [1.54, 1.807) is 24.3 Å². The first kappa shape index (κ1) is 34.5. The van der Waals surface area contributed by atoms with Gasteiger partial charge in [-0.05, 0) is 42.3 Å². The summed E-state index contributed by atoms with van der Waals surface area (Å²) in [6, 6.07) is 9.50. The molecule has 1 fully saturated rings. The van der Waals surface area contributed by atoms with Gasteiger partial charge in [0.15, 0.2) is 29.2 Å². The number of hydrogen-bond donors (Lipinski definition) is 3. The van der Waals surface area contributed by atoms with E-state index in [-0.39, 0.29) is 58.4 Å². The van der Waals surface area contributed by atoms with Crippen LogP contribution in [0.15, 0.2) is 41.1 Å². The summed E-state index contributed by atoms with van der Waals surface area (Å²) in [6.07, 6.45) is -3.85. The maximum absolute atomic E-state index is 13.1. The van der Waals surface area contributed by atoms with Crippen LogP contribution in [-0.2, 0) is 14.3 Å². The Morgan fingerprint density at radius 1 is 1.26 bits per heavy atom. The number of fused-ring (bicyclic) bond motifs is 2. The highest BCUT2D eigenvalue weighted by atomic mass is 35.5. The fourth-order valence-electron chi connectivity index (χ4n) is 4.94. The molecular weight excluding hydrogens is 655 g/mol. The van der Waals surface area contributed by atoms with Crippen LogP contribution >= 0.6 is 19.8 Å². The van der Waals surface area contributed by atoms with Crippen LogP contribution in [0.3, 0.4) is 0 Å². The zero-order valence-electron chi connectivity index (χ0n) is 26.6. The number of ether oxygens (including phenoxy) is 4. The molecule has 47 heavy (non-hydrogen) atoms. The molecule has 0 bridgehead atoms. The van der Waals surface area contributed by atoms with Gasteiger partial charge in [-0.3, -0.25) is 9.09 Å². The Kier molecular flexibility index (Phi) is 9.79. The Labute approximate surface area is 276 Å². The molecule has 0 radical (unpaired) electrons. The summed E-state index contributed by atoms with van der Waals surface area (Å²) in [4.78, 5) is 37.9. The number of nitrogens with two attached hydrogens (primary N) is 1. The van der Waals surface area contributed by atoms with E-state index in [2.05, 4.69) is 19.7 Å². The Balaban J connectivity index is 1.39. The van der Waals surface area contributed by atoms with E-state index in [1.807, 2.05) is 32.9 Å². The second-order valence-electron chi connectivity index (χ2n) is 12.4. The van der Waals surface area contributed by atoms with E-state index in [0.29, 0.717) is 5.39 Å². The summed E-state index contributed by atoms with van der Waals surface area (Å²) in [6.45, 7) is 8.49. The van der Waals surface area contributed by atoms with Gasteiger partial charge in [-0.1, -0.05) is 55.8 Å². The van der Waals surface area contributed by atoms with Crippen molar-refractivity contribution in [3.63, 3.8) is 0 Å². The number of rotatable bonds is 10. The van der Waals surface area contributed by atoms with Crippen molar-refractivity contribution >= 4 is 53.6 Å². The average Bonchev–Trinajstić information content (AvgIpc) is 3.44. The number of hydrogen-bond acceptors (Lipinski definition) is 14. The van der Waals surface area contributed by atoms with Crippen LogP contribution < -0.4 is 24.6 Å². The smallest absolute Gasteiger partial charge is 0.395 e. The van der Waals surface area contributed by atoms with Crippen LogP contribution in [0.2, 0.25) is 5.28 Å². The fourth-order valence-corrected chi connectivity index (χ4v) is 5.96. The van der Waals surface area contributed by atoms with Gasteiger partial charge in [0.25, 0.3) is 0 Å². The number of nitrogens with zero attached hydrogens (tertiary/aromatic N) is 5. The molecule has 5 rings (SSSR count). The van der Waals surface area contributed by atoms with E-state index in [4.69, 9.17) is 40.8 Å². The molecule has 0 amide bonds. The summed E-state index contributed by atoms with van der Waals surface area (Å²) >= 11 is 6.44. The molecule has 2 aromatic carbocycles. The van der Waals surface area contributed by atoms with Crippen LogP contribution in [0.25, 0.3) is 21.9 Å². The lowest BCUT2D eigenvalue weighted by Crippen LogP contribution is -2.44. The van der Waals surface area contributed by atoms with Gasteiger partial charge in [-0.15, -0.1) is 0 Å². The number of anilines is 1. The van der Waals surface area contributed by atoms with E-state index in [0.717, 1.165) is 5.39 Å². The van der Waals surface area contributed by atoms with E-state index < -0.39 is 44.2 Å². The predicted molar refractivity (Wildman–Crippen MR) is 171 cm³/mol. The molecule has 15 nitrogen and oxygen atoms in total. The molecule has 1 unspecified atom stereocenters. The Morgan fingerprint density at radius 2 is 1.98 bits per heavy atom. The minimum Gasteiger partial charge on any atom is -0.575 e. The average molecular weight is 691 g/mol. The number of nitrogen functional groups attached to an aromatic ring is 1. The SMILES string of the molecule is COc1nc(N)nc2c1nc(Cl)n2[C@@H]1O[C@H](COc2ccc3ccccc3c2O[P+]([O-])=N[C@@H](C)C(=O)OCC(C)(C)C)[C@@H](O)[C@@]1(C)O. The van der Waals surface area contributed by atoms with Gasteiger partial charge >= 0.3 is 14.1 Å². The molecule has 0 saturated carbocycles.